The molecule has 6 nitrogen and oxygen atoms in total. The summed E-state index contributed by atoms with van der Waals surface area (Å²) >= 11 is 0.793. The molecule has 2 aromatic rings. The molecular weight excluding hydrogens is 381 g/mol. The van der Waals surface area contributed by atoms with Gasteiger partial charge in [-0.25, -0.2) is 4.39 Å². The van der Waals surface area contributed by atoms with E-state index in [1.807, 2.05) is 0 Å². The molecule has 4 rings (SSSR count). The number of carbonyl (C=O) groups excluding carboxylic acids is 3. The normalized spacial score (nSPS) is 18.5. The maximum atomic E-state index is 14.1. The van der Waals surface area contributed by atoms with Gasteiger partial charge in [-0.2, -0.15) is 0 Å². The SMILES string of the molecule is O=C(CN1C(=O)S/C(=C\c2cccn2-c2ccccc2F)C1=O)N1CCCC1. The lowest BCUT2D eigenvalue weighted by Gasteiger charge is -2.18. The maximum absolute atomic E-state index is 14.1. The molecule has 144 valence electrons. The molecule has 0 bridgehead atoms. The van der Waals surface area contributed by atoms with Crippen LogP contribution in [0.15, 0.2) is 47.5 Å². The summed E-state index contributed by atoms with van der Waals surface area (Å²) < 4.78 is 15.7. The van der Waals surface area contributed by atoms with Crippen molar-refractivity contribution in [3.8, 4) is 5.69 Å². The van der Waals surface area contributed by atoms with E-state index in [4.69, 9.17) is 0 Å². The summed E-state index contributed by atoms with van der Waals surface area (Å²) in [4.78, 5) is 40.1. The Hall–Kier alpha value is -2.87. The van der Waals surface area contributed by atoms with Crippen LogP contribution in [0.5, 0.6) is 0 Å². The summed E-state index contributed by atoms with van der Waals surface area (Å²) in [6, 6.07) is 9.78. The molecule has 2 fully saturated rings. The third-order valence-electron chi connectivity index (χ3n) is 4.80. The smallest absolute Gasteiger partial charge is 0.294 e. The number of hydrogen-bond acceptors (Lipinski definition) is 4. The third-order valence-corrected chi connectivity index (χ3v) is 5.70. The fourth-order valence-corrected chi connectivity index (χ4v) is 4.17. The van der Waals surface area contributed by atoms with Gasteiger partial charge in [-0.3, -0.25) is 19.3 Å². The zero-order chi connectivity index (χ0) is 19.7. The topological polar surface area (TPSA) is 62.6 Å². The predicted octanol–water partition coefficient (Wildman–Crippen LogP) is 3.28. The first-order valence-electron chi connectivity index (χ1n) is 9.00. The number of halogens is 1. The quantitative estimate of drug-likeness (QED) is 0.741. The summed E-state index contributed by atoms with van der Waals surface area (Å²) in [5.74, 6) is -1.10. The van der Waals surface area contributed by atoms with E-state index in [9.17, 15) is 18.8 Å². The van der Waals surface area contributed by atoms with Crippen LogP contribution in [0.2, 0.25) is 0 Å². The molecule has 0 unspecified atom stereocenters. The minimum absolute atomic E-state index is 0.212. The molecule has 8 heteroatoms. The van der Waals surface area contributed by atoms with Crippen LogP contribution in [0.3, 0.4) is 0 Å². The number of hydrogen-bond donors (Lipinski definition) is 0. The first kappa shape index (κ1) is 18.5. The summed E-state index contributed by atoms with van der Waals surface area (Å²) in [5, 5.41) is -0.465. The van der Waals surface area contributed by atoms with Gasteiger partial charge in [0.2, 0.25) is 5.91 Å². The fraction of sp³-hybridized carbons (Fsp3) is 0.250. The van der Waals surface area contributed by atoms with Crippen LogP contribution in [0.1, 0.15) is 18.5 Å². The number of carbonyl (C=O) groups is 3. The second-order valence-corrected chi connectivity index (χ2v) is 7.60. The monoisotopic (exact) mass is 399 g/mol. The van der Waals surface area contributed by atoms with Gasteiger partial charge in [-0.05, 0) is 54.9 Å². The molecule has 0 spiro atoms. The van der Waals surface area contributed by atoms with Crippen molar-refractivity contribution in [1.29, 1.82) is 0 Å². The lowest BCUT2D eigenvalue weighted by atomic mass is 10.3. The van der Waals surface area contributed by atoms with E-state index < -0.39 is 17.0 Å². The van der Waals surface area contributed by atoms with Gasteiger partial charge >= 0.3 is 0 Å². The average molecular weight is 399 g/mol. The van der Waals surface area contributed by atoms with Gasteiger partial charge in [-0.15, -0.1) is 0 Å². The highest BCUT2D eigenvalue weighted by molar-refractivity contribution is 8.18. The van der Waals surface area contributed by atoms with Gasteiger partial charge in [0.1, 0.15) is 12.4 Å². The van der Waals surface area contributed by atoms with E-state index >= 15 is 0 Å². The highest BCUT2D eigenvalue weighted by Crippen LogP contribution is 2.33. The minimum atomic E-state index is -0.496. The second-order valence-electron chi connectivity index (χ2n) is 6.61. The number of amides is 3. The van der Waals surface area contributed by atoms with E-state index in [1.54, 1.807) is 52.1 Å². The number of nitrogens with zero attached hydrogens (tertiary/aromatic N) is 3. The minimum Gasteiger partial charge on any atom is -0.341 e. The highest BCUT2D eigenvalue weighted by atomic mass is 32.2. The van der Waals surface area contributed by atoms with Crippen molar-refractivity contribution in [2.45, 2.75) is 12.8 Å². The number of rotatable bonds is 4. The number of imide groups is 1. The molecular formula is C20H18FN3O3S. The molecule has 0 radical (unpaired) electrons. The molecule has 0 saturated carbocycles. The van der Waals surface area contributed by atoms with E-state index in [0.29, 0.717) is 24.5 Å². The van der Waals surface area contributed by atoms with Crippen molar-refractivity contribution in [3.05, 3.63) is 59.0 Å². The molecule has 3 amide bonds. The number of aromatic nitrogens is 1. The number of para-hydroxylation sites is 1. The van der Waals surface area contributed by atoms with Crippen molar-refractivity contribution in [1.82, 2.24) is 14.4 Å². The van der Waals surface area contributed by atoms with E-state index in [2.05, 4.69) is 0 Å². The van der Waals surface area contributed by atoms with Gasteiger partial charge in [0.05, 0.1) is 10.6 Å². The summed E-state index contributed by atoms with van der Waals surface area (Å²) in [5.41, 5.74) is 0.920. The van der Waals surface area contributed by atoms with Crippen LogP contribution >= 0.6 is 11.8 Å². The maximum Gasteiger partial charge on any atom is 0.294 e. The van der Waals surface area contributed by atoms with Gasteiger partial charge in [0.15, 0.2) is 0 Å². The number of thioether (sulfide) groups is 1. The largest absolute Gasteiger partial charge is 0.341 e. The van der Waals surface area contributed by atoms with Crippen LogP contribution in [0.25, 0.3) is 11.8 Å². The predicted molar refractivity (Wildman–Crippen MR) is 104 cm³/mol. The average Bonchev–Trinajstić information content (AvgIpc) is 3.41. The Kier molecular flexibility index (Phi) is 5.04. The molecule has 2 aliphatic heterocycles. The molecule has 0 N–H and O–H groups in total. The van der Waals surface area contributed by atoms with Crippen molar-refractivity contribution in [3.63, 3.8) is 0 Å². The summed E-state index contributed by atoms with van der Waals surface area (Å²) in [6.45, 7) is 1.10. The Labute approximate surface area is 165 Å². The summed E-state index contributed by atoms with van der Waals surface area (Å²) in [6.07, 6.45) is 5.13. The van der Waals surface area contributed by atoms with Crippen LogP contribution in [0.4, 0.5) is 9.18 Å². The second kappa shape index (κ2) is 7.63. The van der Waals surface area contributed by atoms with E-state index in [0.717, 1.165) is 29.5 Å². The molecule has 2 saturated heterocycles. The van der Waals surface area contributed by atoms with Crippen LogP contribution in [0, 0.1) is 5.82 Å². The third kappa shape index (κ3) is 3.47. The first-order valence-corrected chi connectivity index (χ1v) is 9.81. The molecule has 28 heavy (non-hydrogen) atoms. The standard InChI is InChI=1S/C20H18FN3O3S/c21-15-7-1-2-8-16(15)23-11-5-6-14(23)12-17-19(26)24(20(27)28-17)13-18(25)22-9-3-4-10-22/h1-2,5-8,11-12H,3-4,9-10,13H2/b17-12-. The Morgan fingerprint density at radius 3 is 2.61 bits per heavy atom. The molecule has 0 aliphatic carbocycles. The molecule has 0 atom stereocenters. The zero-order valence-corrected chi connectivity index (χ0v) is 15.8. The Balaban J connectivity index is 1.56. The Bertz CT molecular complexity index is 979. The molecule has 1 aromatic carbocycles. The summed E-state index contributed by atoms with van der Waals surface area (Å²) in [7, 11) is 0. The van der Waals surface area contributed by atoms with Crippen LogP contribution < -0.4 is 0 Å². The molecule has 1 aromatic heterocycles. The molecule has 2 aliphatic rings. The van der Waals surface area contributed by atoms with Crippen molar-refractivity contribution < 1.29 is 18.8 Å². The number of benzene rings is 1. The van der Waals surface area contributed by atoms with Gasteiger partial charge in [0, 0.05) is 25.0 Å². The lowest BCUT2D eigenvalue weighted by Crippen LogP contribution is -2.40. The van der Waals surface area contributed by atoms with Crippen molar-refractivity contribution in [2.24, 2.45) is 0 Å². The van der Waals surface area contributed by atoms with Gasteiger partial charge in [-0.1, -0.05) is 12.1 Å². The zero-order valence-electron chi connectivity index (χ0n) is 15.0. The van der Waals surface area contributed by atoms with Crippen molar-refractivity contribution >= 4 is 34.9 Å². The Morgan fingerprint density at radius 1 is 1.11 bits per heavy atom. The van der Waals surface area contributed by atoms with E-state index in [-0.39, 0.29) is 17.4 Å². The first-order chi connectivity index (χ1) is 13.5. The fourth-order valence-electron chi connectivity index (χ4n) is 3.35. The van der Waals surface area contributed by atoms with Crippen LogP contribution in [-0.2, 0) is 9.59 Å². The highest BCUT2D eigenvalue weighted by Gasteiger charge is 2.37. The Morgan fingerprint density at radius 2 is 1.86 bits per heavy atom. The van der Waals surface area contributed by atoms with E-state index in [1.165, 1.54) is 6.07 Å². The van der Waals surface area contributed by atoms with Crippen molar-refractivity contribution in [2.75, 3.05) is 19.6 Å². The molecule has 3 heterocycles. The van der Waals surface area contributed by atoms with Gasteiger partial charge < -0.3 is 9.47 Å². The number of likely N-dealkylation sites (tertiary alicyclic amines) is 1. The van der Waals surface area contributed by atoms with Crippen LogP contribution in [-0.4, -0.2) is 51.1 Å². The van der Waals surface area contributed by atoms with Gasteiger partial charge in [0.25, 0.3) is 11.1 Å². The lowest BCUT2D eigenvalue weighted by molar-refractivity contribution is -0.135.